The smallest absolute Gasteiger partial charge is 0.337 e. The molecule has 0 fully saturated rings. The largest absolute Gasteiger partial charge is 0.489 e. The van der Waals surface area contributed by atoms with Crippen molar-refractivity contribution in [3.8, 4) is 5.75 Å². The van der Waals surface area contributed by atoms with E-state index >= 15 is 0 Å². The first-order chi connectivity index (χ1) is 14.3. The predicted molar refractivity (Wildman–Crippen MR) is 109 cm³/mol. The van der Waals surface area contributed by atoms with Crippen molar-refractivity contribution in [3.05, 3.63) is 88.2 Å². The average Bonchev–Trinajstić information content (AvgIpc) is 2.95. The first-order valence-corrected chi connectivity index (χ1v) is 9.27. The zero-order chi connectivity index (χ0) is 21.4. The second-order valence-corrected chi connectivity index (χ2v) is 7.02. The second kappa shape index (κ2) is 7.44. The Labute approximate surface area is 172 Å². The van der Waals surface area contributed by atoms with Crippen LogP contribution in [0.15, 0.2) is 54.6 Å². The Morgan fingerprint density at radius 2 is 1.63 bits per heavy atom. The Hall–Kier alpha value is -4.00. The third kappa shape index (κ3) is 3.41. The van der Waals surface area contributed by atoms with Gasteiger partial charge in [-0.05, 0) is 43.7 Å². The molecule has 150 valence electrons. The number of ether oxygens (including phenoxy) is 1. The summed E-state index contributed by atoms with van der Waals surface area (Å²) in [6.45, 7) is 3.97. The number of aromatic carboxylic acids is 1. The lowest BCUT2D eigenvalue weighted by Crippen LogP contribution is -2.30. The van der Waals surface area contributed by atoms with Gasteiger partial charge in [0, 0.05) is 23.5 Å². The number of hydrogen-bond acceptors (Lipinski definition) is 5. The van der Waals surface area contributed by atoms with E-state index in [1.165, 1.54) is 12.1 Å². The van der Waals surface area contributed by atoms with Crippen molar-refractivity contribution in [2.24, 2.45) is 0 Å². The van der Waals surface area contributed by atoms with E-state index in [1.807, 2.05) is 26.0 Å². The summed E-state index contributed by atoms with van der Waals surface area (Å²) in [5.41, 5.74) is 2.80. The standard InChI is InChI=1S/C23H18N2O5/c1-13-9-16(10-14(2)24-13)30-12-15-7-8-17-19(11-15)22(27)25(21(17)26)20-6-4-3-5-18(20)23(28)29/h3-11H,12H2,1-2H3,(H,28,29). The number of carboxylic acids is 1. The van der Waals surface area contributed by atoms with E-state index in [2.05, 4.69) is 4.98 Å². The summed E-state index contributed by atoms with van der Waals surface area (Å²) in [5, 5.41) is 9.41. The minimum Gasteiger partial charge on any atom is -0.489 e. The predicted octanol–water partition coefficient (Wildman–Crippen LogP) is 3.78. The van der Waals surface area contributed by atoms with Crippen molar-refractivity contribution in [2.75, 3.05) is 4.90 Å². The fourth-order valence-corrected chi connectivity index (χ4v) is 3.49. The van der Waals surface area contributed by atoms with Gasteiger partial charge >= 0.3 is 5.97 Å². The van der Waals surface area contributed by atoms with Crippen LogP contribution in [0, 0.1) is 13.8 Å². The van der Waals surface area contributed by atoms with Gasteiger partial charge in [-0.3, -0.25) is 14.6 Å². The van der Waals surface area contributed by atoms with Crippen molar-refractivity contribution >= 4 is 23.5 Å². The van der Waals surface area contributed by atoms with Gasteiger partial charge in [0.15, 0.2) is 0 Å². The normalized spacial score (nSPS) is 12.8. The highest BCUT2D eigenvalue weighted by Gasteiger charge is 2.38. The van der Waals surface area contributed by atoms with Crippen LogP contribution in [0.4, 0.5) is 5.69 Å². The van der Waals surface area contributed by atoms with Gasteiger partial charge in [0.1, 0.15) is 12.4 Å². The first kappa shape index (κ1) is 19.3. The van der Waals surface area contributed by atoms with Gasteiger partial charge in [0.25, 0.3) is 11.8 Å². The zero-order valence-corrected chi connectivity index (χ0v) is 16.4. The number of carbonyl (C=O) groups excluding carboxylic acids is 2. The number of imide groups is 1. The minimum atomic E-state index is -1.21. The van der Waals surface area contributed by atoms with Gasteiger partial charge in [0.2, 0.25) is 0 Å². The molecule has 7 nitrogen and oxygen atoms in total. The van der Waals surface area contributed by atoms with Crippen LogP contribution in [0.2, 0.25) is 0 Å². The van der Waals surface area contributed by atoms with Gasteiger partial charge in [-0.15, -0.1) is 0 Å². The molecule has 0 bridgehead atoms. The maximum atomic E-state index is 13.0. The van der Waals surface area contributed by atoms with Gasteiger partial charge in [-0.2, -0.15) is 0 Å². The van der Waals surface area contributed by atoms with Crippen LogP contribution in [-0.4, -0.2) is 27.9 Å². The maximum Gasteiger partial charge on any atom is 0.337 e. The molecule has 0 radical (unpaired) electrons. The molecule has 1 aliphatic rings. The fourth-order valence-electron chi connectivity index (χ4n) is 3.49. The summed E-state index contributed by atoms with van der Waals surface area (Å²) in [6, 6.07) is 14.5. The van der Waals surface area contributed by atoms with Crippen LogP contribution < -0.4 is 9.64 Å². The molecule has 30 heavy (non-hydrogen) atoms. The molecule has 0 spiro atoms. The average molecular weight is 402 g/mol. The molecular weight excluding hydrogens is 384 g/mol. The molecule has 0 saturated heterocycles. The molecule has 3 aromatic rings. The van der Waals surface area contributed by atoms with Crippen LogP contribution in [0.3, 0.4) is 0 Å². The summed E-state index contributed by atoms with van der Waals surface area (Å²) >= 11 is 0. The highest BCUT2D eigenvalue weighted by Crippen LogP contribution is 2.31. The van der Waals surface area contributed by atoms with Crippen LogP contribution in [0.25, 0.3) is 0 Å². The van der Waals surface area contributed by atoms with Gasteiger partial charge in [-0.25, -0.2) is 9.69 Å². The molecule has 1 aliphatic heterocycles. The lowest BCUT2D eigenvalue weighted by Gasteiger charge is -2.16. The molecule has 0 aliphatic carbocycles. The van der Waals surface area contributed by atoms with Crippen molar-refractivity contribution in [3.63, 3.8) is 0 Å². The number of benzene rings is 2. The lowest BCUT2D eigenvalue weighted by atomic mass is 10.1. The SMILES string of the molecule is Cc1cc(OCc2ccc3c(c2)C(=O)N(c2ccccc2C(=O)O)C3=O)cc(C)n1. The maximum absolute atomic E-state index is 13.0. The molecule has 2 heterocycles. The highest BCUT2D eigenvalue weighted by molar-refractivity contribution is 6.35. The van der Waals surface area contributed by atoms with E-state index in [-0.39, 0.29) is 29.0 Å². The number of fused-ring (bicyclic) bond motifs is 1. The summed E-state index contributed by atoms with van der Waals surface area (Å²) in [6.07, 6.45) is 0. The Morgan fingerprint density at radius 3 is 2.33 bits per heavy atom. The Bertz CT molecular complexity index is 1180. The number of rotatable bonds is 5. The molecule has 1 aromatic heterocycles. The third-order valence-electron chi connectivity index (χ3n) is 4.79. The Balaban J connectivity index is 1.62. The molecule has 1 N–H and O–H groups in total. The van der Waals surface area contributed by atoms with E-state index in [1.54, 1.807) is 30.3 Å². The van der Waals surface area contributed by atoms with Gasteiger partial charge < -0.3 is 9.84 Å². The van der Waals surface area contributed by atoms with Crippen molar-refractivity contribution in [1.82, 2.24) is 4.98 Å². The van der Waals surface area contributed by atoms with Crippen LogP contribution in [-0.2, 0) is 6.61 Å². The number of carbonyl (C=O) groups is 3. The molecule has 0 atom stereocenters. The second-order valence-electron chi connectivity index (χ2n) is 7.02. The number of aryl methyl sites for hydroxylation is 2. The first-order valence-electron chi connectivity index (χ1n) is 9.27. The lowest BCUT2D eigenvalue weighted by molar-refractivity contribution is 0.0698. The van der Waals surface area contributed by atoms with Crippen molar-refractivity contribution in [1.29, 1.82) is 0 Å². The summed E-state index contributed by atoms with van der Waals surface area (Å²) in [4.78, 5) is 42.5. The Morgan fingerprint density at radius 1 is 0.967 bits per heavy atom. The molecule has 2 aromatic carbocycles. The van der Waals surface area contributed by atoms with Crippen LogP contribution in [0.1, 0.15) is 48.0 Å². The van der Waals surface area contributed by atoms with Crippen LogP contribution >= 0.6 is 0 Å². The number of pyridine rings is 1. The number of amides is 2. The van der Waals surface area contributed by atoms with Crippen LogP contribution in [0.5, 0.6) is 5.75 Å². The molecule has 0 saturated carbocycles. The number of para-hydroxylation sites is 1. The van der Waals surface area contributed by atoms with Gasteiger partial charge in [-0.1, -0.05) is 18.2 Å². The quantitative estimate of drug-likeness (QED) is 0.653. The molecule has 0 unspecified atom stereocenters. The summed E-state index contributed by atoms with van der Waals surface area (Å²) in [5.74, 6) is -1.64. The summed E-state index contributed by atoms with van der Waals surface area (Å²) < 4.78 is 5.81. The summed E-state index contributed by atoms with van der Waals surface area (Å²) in [7, 11) is 0. The van der Waals surface area contributed by atoms with E-state index in [0.29, 0.717) is 5.75 Å². The number of nitrogens with zero attached hydrogens (tertiary/aromatic N) is 2. The van der Waals surface area contributed by atoms with E-state index < -0.39 is 17.8 Å². The van der Waals surface area contributed by atoms with Gasteiger partial charge in [0.05, 0.1) is 22.4 Å². The monoisotopic (exact) mass is 402 g/mol. The molecule has 7 heteroatoms. The number of aromatic nitrogens is 1. The molecule has 4 rings (SSSR count). The minimum absolute atomic E-state index is 0.0525. The molecular formula is C23H18N2O5. The number of hydrogen-bond donors (Lipinski definition) is 1. The van der Waals surface area contributed by atoms with Crippen molar-refractivity contribution < 1.29 is 24.2 Å². The fraction of sp³-hybridized carbons (Fsp3) is 0.130. The number of anilines is 1. The highest BCUT2D eigenvalue weighted by atomic mass is 16.5. The van der Waals surface area contributed by atoms with E-state index in [9.17, 15) is 19.5 Å². The van der Waals surface area contributed by atoms with E-state index in [4.69, 9.17) is 4.74 Å². The Kier molecular flexibility index (Phi) is 4.79. The topological polar surface area (TPSA) is 96.8 Å². The zero-order valence-electron chi connectivity index (χ0n) is 16.4. The number of carboxylic acid groups (broad SMARTS) is 1. The third-order valence-corrected chi connectivity index (χ3v) is 4.79. The van der Waals surface area contributed by atoms with E-state index in [0.717, 1.165) is 21.9 Å². The molecule has 2 amide bonds. The van der Waals surface area contributed by atoms with Crippen molar-refractivity contribution in [2.45, 2.75) is 20.5 Å².